The molecule has 0 aliphatic heterocycles. The van der Waals surface area contributed by atoms with E-state index in [-0.39, 0.29) is 30.9 Å². The lowest BCUT2D eigenvalue weighted by atomic mass is 10.0. The van der Waals surface area contributed by atoms with Crippen molar-refractivity contribution in [3.8, 4) is 0 Å². The summed E-state index contributed by atoms with van der Waals surface area (Å²) in [5.74, 6) is -1.86. The first kappa shape index (κ1) is 17.0. The molecule has 1 amide bonds. The molecular formula is C14H16F3NO3. The summed E-state index contributed by atoms with van der Waals surface area (Å²) in [6.07, 6.45) is -4.68. The molecule has 1 unspecified atom stereocenters. The number of alkyl halides is 3. The second kappa shape index (κ2) is 7.10. The average Bonchev–Trinajstić information content (AvgIpc) is 2.34. The van der Waals surface area contributed by atoms with Crippen molar-refractivity contribution in [1.82, 2.24) is 5.32 Å². The largest absolute Gasteiger partial charge is 0.481 e. The van der Waals surface area contributed by atoms with E-state index in [4.69, 9.17) is 5.11 Å². The van der Waals surface area contributed by atoms with Gasteiger partial charge >= 0.3 is 12.1 Å². The van der Waals surface area contributed by atoms with Gasteiger partial charge in [0.2, 0.25) is 5.91 Å². The number of nitrogens with one attached hydrogen (secondary N) is 1. The molecule has 116 valence electrons. The Hall–Kier alpha value is -2.05. The van der Waals surface area contributed by atoms with Crippen LogP contribution in [-0.4, -0.2) is 17.0 Å². The Morgan fingerprint density at radius 3 is 2.43 bits per heavy atom. The normalized spacial score (nSPS) is 12.8. The SMILES string of the molecule is CC(CC(=O)O)CC(=O)NCc1ccccc1C(F)(F)F. The van der Waals surface area contributed by atoms with E-state index in [0.29, 0.717) is 0 Å². The van der Waals surface area contributed by atoms with Crippen molar-refractivity contribution in [2.45, 2.75) is 32.5 Å². The fraction of sp³-hybridized carbons (Fsp3) is 0.429. The molecule has 0 aromatic heterocycles. The van der Waals surface area contributed by atoms with Gasteiger partial charge in [0.1, 0.15) is 0 Å². The maximum absolute atomic E-state index is 12.7. The van der Waals surface area contributed by atoms with E-state index in [1.165, 1.54) is 18.2 Å². The Labute approximate surface area is 120 Å². The summed E-state index contributed by atoms with van der Waals surface area (Å²) in [4.78, 5) is 22.1. The van der Waals surface area contributed by atoms with Crippen LogP contribution in [-0.2, 0) is 22.3 Å². The van der Waals surface area contributed by atoms with Crippen molar-refractivity contribution >= 4 is 11.9 Å². The Bertz CT molecular complexity index is 514. The number of hydrogen-bond donors (Lipinski definition) is 2. The van der Waals surface area contributed by atoms with Crippen LogP contribution in [0.4, 0.5) is 13.2 Å². The van der Waals surface area contributed by atoms with Crippen LogP contribution in [0.1, 0.15) is 30.9 Å². The maximum atomic E-state index is 12.7. The predicted octanol–water partition coefficient (Wildman–Crippen LogP) is 2.82. The molecule has 0 fully saturated rings. The van der Waals surface area contributed by atoms with Gasteiger partial charge in [-0.05, 0) is 17.5 Å². The molecule has 1 aromatic carbocycles. The van der Waals surface area contributed by atoms with E-state index in [1.807, 2.05) is 0 Å². The standard InChI is InChI=1S/C14H16F3NO3/c1-9(7-13(20)21)6-12(19)18-8-10-4-2-3-5-11(10)14(15,16)17/h2-5,9H,6-8H2,1H3,(H,18,19)(H,20,21). The lowest BCUT2D eigenvalue weighted by Crippen LogP contribution is -2.26. The van der Waals surface area contributed by atoms with Crippen LogP contribution in [0.25, 0.3) is 0 Å². The summed E-state index contributed by atoms with van der Waals surface area (Å²) in [5, 5.41) is 11.0. The second-order valence-electron chi connectivity index (χ2n) is 4.84. The zero-order valence-electron chi connectivity index (χ0n) is 11.4. The molecule has 0 saturated heterocycles. The van der Waals surface area contributed by atoms with Gasteiger partial charge < -0.3 is 10.4 Å². The van der Waals surface area contributed by atoms with Crippen LogP contribution in [0.3, 0.4) is 0 Å². The van der Waals surface area contributed by atoms with Crippen LogP contribution >= 0.6 is 0 Å². The number of halogens is 3. The molecule has 0 saturated carbocycles. The highest BCUT2D eigenvalue weighted by Gasteiger charge is 2.32. The van der Waals surface area contributed by atoms with Gasteiger partial charge in [0.25, 0.3) is 0 Å². The molecule has 0 aliphatic carbocycles. The minimum absolute atomic E-state index is 0.0239. The average molecular weight is 303 g/mol. The second-order valence-corrected chi connectivity index (χ2v) is 4.84. The molecule has 2 N–H and O–H groups in total. The topological polar surface area (TPSA) is 66.4 Å². The van der Waals surface area contributed by atoms with Crippen molar-refractivity contribution < 1.29 is 27.9 Å². The fourth-order valence-electron chi connectivity index (χ4n) is 1.90. The van der Waals surface area contributed by atoms with Gasteiger partial charge in [0, 0.05) is 19.4 Å². The highest BCUT2D eigenvalue weighted by atomic mass is 19.4. The Morgan fingerprint density at radius 1 is 1.24 bits per heavy atom. The van der Waals surface area contributed by atoms with Crippen molar-refractivity contribution in [3.63, 3.8) is 0 Å². The molecule has 0 radical (unpaired) electrons. The summed E-state index contributed by atoms with van der Waals surface area (Å²) < 4.78 is 38.2. The zero-order chi connectivity index (χ0) is 16.0. The molecule has 21 heavy (non-hydrogen) atoms. The monoisotopic (exact) mass is 303 g/mol. The molecule has 4 nitrogen and oxygen atoms in total. The van der Waals surface area contributed by atoms with Crippen molar-refractivity contribution in [3.05, 3.63) is 35.4 Å². The molecule has 0 aliphatic rings. The Morgan fingerprint density at radius 2 is 1.86 bits per heavy atom. The van der Waals surface area contributed by atoms with Gasteiger partial charge in [-0.25, -0.2) is 0 Å². The quantitative estimate of drug-likeness (QED) is 0.849. The van der Waals surface area contributed by atoms with E-state index in [9.17, 15) is 22.8 Å². The van der Waals surface area contributed by atoms with E-state index in [1.54, 1.807) is 6.92 Å². The molecule has 0 bridgehead atoms. The van der Waals surface area contributed by atoms with Crippen LogP contribution < -0.4 is 5.32 Å². The predicted molar refractivity (Wildman–Crippen MR) is 69.3 cm³/mol. The van der Waals surface area contributed by atoms with Crippen molar-refractivity contribution in [1.29, 1.82) is 0 Å². The number of carboxylic acids is 1. The number of rotatable bonds is 6. The number of aliphatic carboxylic acids is 1. The molecule has 1 rings (SSSR count). The van der Waals surface area contributed by atoms with Crippen LogP contribution in [0.2, 0.25) is 0 Å². The number of carbonyl (C=O) groups is 2. The van der Waals surface area contributed by atoms with Crippen LogP contribution in [0, 0.1) is 5.92 Å². The first-order valence-electron chi connectivity index (χ1n) is 6.33. The van der Waals surface area contributed by atoms with Crippen molar-refractivity contribution in [2.24, 2.45) is 5.92 Å². The third kappa shape index (κ3) is 5.85. The molecular weight excluding hydrogens is 287 g/mol. The zero-order valence-corrected chi connectivity index (χ0v) is 11.4. The highest BCUT2D eigenvalue weighted by molar-refractivity contribution is 5.77. The molecule has 0 heterocycles. The van der Waals surface area contributed by atoms with E-state index in [2.05, 4.69) is 5.32 Å². The first-order chi connectivity index (χ1) is 9.70. The van der Waals surface area contributed by atoms with Crippen molar-refractivity contribution in [2.75, 3.05) is 0 Å². The van der Waals surface area contributed by atoms with Gasteiger partial charge in [-0.1, -0.05) is 25.1 Å². The van der Waals surface area contributed by atoms with Gasteiger partial charge in [0.05, 0.1) is 5.56 Å². The molecule has 7 heteroatoms. The number of carboxylic acid groups (broad SMARTS) is 1. The van der Waals surface area contributed by atoms with Gasteiger partial charge in [-0.3, -0.25) is 9.59 Å². The number of benzene rings is 1. The summed E-state index contributed by atoms with van der Waals surface area (Å²) in [6, 6.07) is 4.99. The Balaban J connectivity index is 2.60. The van der Waals surface area contributed by atoms with Gasteiger partial charge in [-0.15, -0.1) is 0 Å². The molecule has 1 atom stereocenters. The van der Waals surface area contributed by atoms with E-state index >= 15 is 0 Å². The Kier molecular flexibility index (Phi) is 5.75. The smallest absolute Gasteiger partial charge is 0.416 e. The van der Waals surface area contributed by atoms with Gasteiger partial charge in [-0.2, -0.15) is 13.2 Å². The lowest BCUT2D eigenvalue weighted by molar-refractivity contribution is -0.139. The number of amides is 1. The third-order valence-electron chi connectivity index (χ3n) is 2.86. The van der Waals surface area contributed by atoms with Gasteiger partial charge in [0.15, 0.2) is 0 Å². The maximum Gasteiger partial charge on any atom is 0.416 e. The highest BCUT2D eigenvalue weighted by Crippen LogP contribution is 2.31. The van der Waals surface area contributed by atoms with E-state index in [0.717, 1.165) is 6.07 Å². The summed E-state index contributed by atoms with van der Waals surface area (Å²) in [5.41, 5.74) is -0.812. The minimum atomic E-state index is -4.47. The number of carbonyl (C=O) groups excluding carboxylic acids is 1. The first-order valence-corrected chi connectivity index (χ1v) is 6.33. The minimum Gasteiger partial charge on any atom is -0.481 e. The number of hydrogen-bond acceptors (Lipinski definition) is 2. The van der Waals surface area contributed by atoms with E-state index < -0.39 is 23.6 Å². The summed E-state index contributed by atoms with van der Waals surface area (Å²) in [7, 11) is 0. The molecule has 0 spiro atoms. The fourth-order valence-corrected chi connectivity index (χ4v) is 1.90. The van der Waals surface area contributed by atoms with Crippen LogP contribution in [0.5, 0.6) is 0 Å². The van der Waals surface area contributed by atoms with Crippen LogP contribution in [0.15, 0.2) is 24.3 Å². The lowest BCUT2D eigenvalue weighted by Gasteiger charge is -2.14. The summed E-state index contributed by atoms with van der Waals surface area (Å²) in [6.45, 7) is 1.35. The third-order valence-corrected chi connectivity index (χ3v) is 2.86. The summed E-state index contributed by atoms with van der Waals surface area (Å²) >= 11 is 0. The molecule has 1 aromatic rings.